The van der Waals surface area contributed by atoms with Gasteiger partial charge in [-0.2, -0.15) is 0 Å². The molecule has 2 rings (SSSR count). The van der Waals surface area contributed by atoms with E-state index in [1.807, 2.05) is 24.3 Å². The summed E-state index contributed by atoms with van der Waals surface area (Å²) in [5.74, 6) is 1.15. The Morgan fingerprint density at radius 1 is 0.722 bits per heavy atom. The Balaban J connectivity index is 1.94. The normalized spacial score (nSPS) is 10.8. The predicted molar refractivity (Wildman–Crippen MR) is 72.8 cm³/mol. The number of rotatable bonds is 4. The number of hydrogen-bond donors (Lipinski definition) is 2. The van der Waals surface area contributed by atoms with Crippen molar-refractivity contribution in [3.05, 3.63) is 59.7 Å². The molecule has 2 aromatic rings. The van der Waals surface area contributed by atoms with Crippen LogP contribution in [0.5, 0.6) is 11.5 Å². The summed E-state index contributed by atoms with van der Waals surface area (Å²) < 4.78 is 0. The van der Waals surface area contributed by atoms with Gasteiger partial charge in [0, 0.05) is 0 Å². The largest absolute Gasteiger partial charge is 0.508 e. The average Bonchev–Trinajstić information content (AvgIpc) is 2.35. The van der Waals surface area contributed by atoms with Crippen LogP contribution >= 0.6 is 0 Å². The molecule has 0 saturated heterocycles. The Morgan fingerprint density at radius 3 is 1.39 bits per heavy atom. The summed E-state index contributed by atoms with van der Waals surface area (Å²) in [5.41, 5.74) is 2.47. The maximum atomic E-state index is 9.23. The molecule has 0 aliphatic heterocycles. The average molecular weight is 242 g/mol. The Kier molecular flexibility index (Phi) is 3.88. The van der Waals surface area contributed by atoms with E-state index in [1.54, 1.807) is 24.3 Å². The lowest BCUT2D eigenvalue weighted by Crippen LogP contribution is -2.03. The van der Waals surface area contributed by atoms with Gasteiger partial charge in [0.1, 0.15) is 11.5 Å². The zero-order valence-electron chi connectivity index (χ0n) is 10.5. The molecular formula is C16H18O2. The van der Waals surface area contributed by atoms with Crippen LogP contribution in [-0.2, 0) is 12.8 Å². The highest BCUT2D eigenvalue weighted by Gasteiger charge is 2.05. The number of benzene rings is 2. The van der Waals surface area contributed by atoms with Gasteiger partial charge in [0.2, 0.25) is 0 Å². The Labute approximate surface area is 108 Å². The predicted octanol–water partition coefficient (Wildman–Crippen LogP) is 3.52. The van der Waals surface area contributed by atoms with Crippen LogP contribution in [0, 0.1) is 5.92 Å². The van der Waals surface area contributed by atoms with Crippen molar-refractivity contribution in [1.29, 1.82) is 0 Å². The van der Waals surface area contributed by atoms with Gasteiger partial charge in [-0.15, -0.1) is 0 Å². The first-order valence-corrected chi connectivity index (χ1v) is 6.19. The van der Waals surface area contributed by atoms with Crippen LogP contribution in [0.2, 0.25) is 0 Å². The highest BCUT2D eigenvalue weighted by atomic mass is 16.3. The van der Waals surface area contributed by atoms with Gasteiger partial charge in [-0.3, -0.25) is 0 Å². The Hall–Kier alpha value is -1.96. The Morgan fingerprint density at radius 2 is 1.06 bits per heavy atom. The van der Waals surface area contributed by atoms with Crippen molar-refractivity contribution in [2.45, 2.75) is 19.8 Å². The molecule has 0 aromatic heterocycles. The van der Waals surface area contributed by atoms with E-state index in [2.05, 4.69) is 6.92 Å². The number of hydrogen-bond acceptors (Lipinski definition) is 2. The molecule has 0 bridgehead atoms. The summed E-state index contributed by atoms with van der Waals surface area (Å²) in [7, 11) is 0. The molecule has 0 radical (unpaired) electrons. The van der Waals surface area contributed by atoms with Crippen LogP contribution in [0.15, 0.2) is 48.5 Å². The molecule has 0 heterocycles. The molecule has 0 unspecified atom stereocenters. The van der Waals surface area contributed by atoms with Crippen molar-refractivity contribution in [3.8, 4) is 11.5 Å². The van der Waals surface area contributed by atoms with Gasteiger partial charge in [0.15, 0.2) is 0 Å². The van der Waals surface area contributed by atoms with Crippen molar-refractivity contribution >= 4 is 0 Å². The number of phenols is 2. The van der Waals surface area contributed by atoms with Crippen molar-refractivity contribution < 1.29 is 10.2 Å². The van der Waals surface area contributed by atoms with E-state index in [4.69, 9.17) is 0 Å². The molecule has 0 amide bonds. The van der Waals surface area contributed by atoms with Gasteiger partial charge in [0.25, 0.3) is 0 Å². The minimum atomic E-state index is 0.310. The number of aromatic hydroxyl groups is 2. The fourth-order valence-electron chi connectivity index (χ4n) is 2.14. The van der Waals surface area contributed by atoms with Gasteiger partial charge in [0.05, 0.1) is 0 Å². The molecule has 0 aliphatic rings. The van der Waals surface area contributed by atoms with E-state index in [0.29, 0.717) is 17.4 Å². The fraction of sp³-hybridized carbons (Fsp3) is 0.250. The van der Waals surface area contributed by atoms with Crippen molar-refractivity contribution in [2.75, 3.05) is 0 Å². The van der Waals surface area contributed by atoms with E-state index in [0.717, 1.165) is 12.8 Å². The zero-order valence-corrected chi connectivity index (χ0v) is 10.5. The summed E-state index contributed by atoms with van der Waals surface area (Å²) in [6, 6.07) is 14.7. The summed E-state index contributed by atoms with van der Waals surface area (Å²) in [4.78, 5) is 0. The lowest BCUT2D eigenvalue weighted by atomic mass is 9.94. The second-order valence-corrected chi connectivity index (χ2v) is 4.85. The standard InChI is InChI=1S/C16H18O2/c1-12(10-13-2-6-15(17)7-3-13)11-14-4-8-16(18)9-5-14/h2-9,12,17-18H,10-11H2,1H3. The van der Waals surface area contributed by atoms with Crippen molar-refractivity contribution in [3.63, 3.8) is 0 Å². The van der Waals surface area contributed by atoms with E-state index in [-0.39, 0.29) is 0 Å². The van der Waals surface area contributed by atoms with Crippen LogP contribution in [0.4, 0.5) is 0 Å². The van der Waals surface area contributed by atoms with Crippen molar-refractivity contribution in [2.24, 2.45) is 5.92 Å². The van der Waals surface area contributed by atoms with Gasteiger partial charge in [-0.1, -0.05) is 31.2 Å². The lowest BCUT2D eigenvalue weighted by molar-refractivity contribution is 0.474. The number of phenolic OH excluding ortho intramolecular Hbond substituents is 2. The third-order valence-corrected chi connectivity index (χ3v) is 3.04. The third-order valence-electron chi connectivity index (χ3n) is 3.04. The molecule has 18 heavy (non-hydrogen) atoms. The van der Waals surface area contributed by atoms with Crippen LogP contribution in [0.3, 0.4) is 0 Å². The molecule has 94 valence electrons. The van der Waals surface area contributed by atoms with Gasteiger partial charge in [-0.25, -0.2) is 0 Å². The molecule has 0 atom stereocenters. The zero-order chi connectivity index (χ0) is 13.0. The topological polar surface area (TPSA) is 40.5 Å². The van der Waals surface area contributed by atoms with E-state index < -0.39 is 0 Å². The molecule has 0 aliphatic carbocycles. The summed E-state index contributed by atoms with van der Waals surface area (Å²) >= 11 is 0. The maximum Gasteiger partial charge on any atom is 0.115 e. The minimum absolute atomic E-state index is 0.310. The molecule has 0 fully saturated rings. The van der Waals surface area contributed by atoms with Gasteiger partial charge >= 0.3 is 0 Å². The van der Waals surface area contributed by atoms with Gasteiger partial charge in [-0.05, 0) is 54.2 Å². The first kappa shape index (κ1) is 12.5. The smallest absolute Gasteiger partial charge is 0.115 e. The Bertz CT molecular complexity index is 438. The van der Waals surface area contributed by atoms with Crippen LogP contribution in [0.25, 0.3) is 0 Å². The minimum Gasteiger partial charge on any atom is -0.508 e. The van der Waals surface area contributed by atoms with Gasteiger partial charge < -0.3 is 10.2 Å². The second-order valence-electron chi connectivity index (χ2n) is 4.85. The highest BCUT2D eigenvalue weighted by molar-refractivity contribution is 5.28. The maximum absolute atomic E-state index is 9.23. The van der Waals surface area contributed by atoms with E-state index >= 15 is 0 Å². The van der Waals surface area contributed by atoms with Crippen LogP contribution in [-0.4, -0.2) is 10.2 Å². The summed E-state index contributed by atoms with van der Waals surface area (Å²) in [6.07, 6.45) is 1.97. The SMILES string of the molecule is CC(Cc1ccc(O)cc1)Cc1ccc(O)cc1. The lowest BCUT2D eigenvalue weighted by Gasteiger charge is -2.11. The monoisotopic (exact) mass is 242 g/mol. The summed E-state index contributed by atoms with van der Waals surface area (Å²) in [6.45, 7) is 2.21. The molecule has 2 nitrogen and oxygen atoms in total. The molecular weight excluding hydrogens is 224 g/mol. The van der Waals surface area contributed by atoms with E-state index in [9.17, 15) is 10.2 Å². The molecule has 2 N–H and O–H groups in total. The fourth-order valence-corrected chi connectivity index (χ4v) is 2.14. The quantitative estimate of drug-likeness (QED) is 0.861. The third kappa shape index (κ3) is 3.52. The van der Waals surface area contributed by atoms with Crippen LogP contribution < -0.4 is 0 Å². The molecule has 2 aromatic carbocycles. The van der Waals surface area contributed by atoms with Crippen molar-refractivity contribution in [1.82, 2.24) is 0 Å². The van der Waals surface area contributed by atoms with E-state index in [1.165, 1.54) is 11.1 Å². The highest BCUT2D eigenvalue weighted by Crippen LogP contribution is 2.18. The first-order valence-electron chi connectivity index (χ1n) is 6.19. The van der Waals surface area contributed by atoms with Crippen LogP contribution in [0.1, 0.15) is 18.1 Å². The molecule has 0 saturated carbocycles. The molecule has 2 heteroatoms. The second kappa shape index (κ2) is 5.58. The molecule has 0 spiro atoms. The first-order chi connectivity index (χ1) is 8.63. The summed E-state index contributed by atoms with van der Waals surface area (Å²) in [5, 5.41) is 18.5.